The molecule has 2 aliphatic rings. The van der Waals surface area contributed by atoms with Gasteiger partial charge in [-0.3, -0.25) is 9.59 Å². The number of anilines is 1. The van der Waals surface area contributed by atoms with Crippen molar-refractivity contribution in [3.63, 3.8) is 0 Å². The van der Waals surface area contributed by atoms with E-state index in [1.54, 1.807) is 37.4 Å². The topological polar surface area (TPSA) is 49.9 Å². The summed E-state index contributed by atoms with van der Waals surface area (Å²) in [6.45, 7) is 3.06. The number of methoxy groups -OCH3 is 1. The summed E-state index contributed by atoms with van der Waals surface area (Å²) in [5, 5.41) is 0.513. The molecule has 5 rings (SSSR count). The summed E-state index contributed by atoms with van der Waals surface area (Å²) in [6.07, 6.45) is 0.813. The highest BCUT2D eigenvalue weighted by molar-refractivity contribution is 6.46. The molecular formula is C27H23ClN2O3. The minimum Gasteiger partial charge on any atom is -0.497 e. The normalized spacial score (nSPS) is 15.8. The Bertz CT molecular complexity index is 1300. The molecule has 2 heterocycles. The quantitative estimate of drug-likeness (QED) is 0.516. The molecule has 166 valence electrons. The number of fused-ring (bicyclic) bond motifs is 1. The zero-order valence-corrected chi connectivity index (χ0v) is 19.2. The van der Waals surface area contributed by atoms with Crippen LogP contribution in [0.4, 0.5) is 5.69 Å². The van der Waals surface area contributed by atoms with Crippen molar-refractivity contribution in [2.45, 2.75) is 19.9 Å². The standard InChI is InChI=1S/C27H23ClN2O3/c1-17-22(28)8-5-9-23(17)30-26(31)24(19-10-12-21(33-2)13-11-19)25(27(30)32)29-15-14-18-6-3-4-7-20(18)16-29/h3-13H,14-16H2,1-2H3. The van der Waals surface area contributed by atoms with Gasteiger partial charge in [-0.1, -0.05) is 54.1 Å². The van der Waals surface area contributed by atoms with Crippen LogP contribution in [0.25, 0.3) is 5.57 Å². The number of hydrogen-bond donors (Lipinski definition) is 0. The lowest BCUT2D eigenvalue weighted by molar-refractivity contribution is -0.120. The summed E-state index contributed by atoms with van der Waals surface area (Å²) in [5.74, 6) is 0.0204. The number of nitrogens with zero attached hydrogens (tertiary/aromatic N) is 2. The van der Waals surface area contributed by atoms with Gasteiger partial charge in [0.05, 0.1) is 18.4 Å². The third kappa shape index (κ3) is 3.58. The first kappa shape index (κ1) is 21.3. The van der Waals surface area contributed by atoms with Gasteiger partial charge in [-0.05, 0) is 59.9 Å². The Morgan fingerprint density at radius 2 is 1.61 bits per heavy atom. The smallest absolute Gasteiger partial charge is 0.282 e. The van der Waals surface area contributed by atoms with Gasteiger partial charge >= 0.3 is 0 Å². The van der Waals surface area contributed by atoms with Gasteiger partial charge in [-0.15, -0.1) is 0 Å². The van der Waals surface area contributed by atoms with Crippen LogP contribution in [-0.2, 0) is 22.6 Å². The van der Waals surface area contributed by atoms with Crippen LogP contribution in [0.15, 0.2) is 72.4 Å². The maximum Gasteiger partial charge on any atom is 0.282 e. The average molecular weight is 459 g/mol. The monoisotopic (exact) mass is 458 g/mol. The summed E-state index contributed by atoms with van der Waals surface area (Å²) in [4.78, 5) is 30.9. The fourth-order valence-corrected chi connectivity index (χ4v) is 4.74. The van der Waals surface area contributed by atoms with Crippen LogP contribution in [0, 0.1) is 6.92 Å². The van der Waals surface area contributed by atoms with E-state index >= 15 is 0 Å². The molecule has 3 aromatic rings. The van der Waals surface area contributed by atoms with E-state index in [2.05, 4.69) is 12.1 Å². The molecule has 0 aliphatic carbocycles. The predicted octanol–water partition coefficient (Wildman–Crippen LogP) is 5.00. The first-order valence-corrected chi connectivity index (χ1v) is 11.2. The molecule has 0 bridgehead atoms. The van der Waals surface area contributed by atoms with Crippen LogP contribution in [0.5, 0.6) is 5.75 Å². The van der Waals surface area contributed by atoms with Crippen molar-refractivity contribution in [3.05, 3.63) is 99.7 Å². The number of hydrogen-bond acceptors (Lipinski definition) is 4. The Kier molecular flexibility index (Phi) is 5.43. The Morgan fingerprint density at radius 1 is 0.879 bits per heavy atom. The molecule has 0 radical (unpaired) electrons. The van der Waals surface area contributed by atoms with Crippen LogP contribution < -0.4 is 9.64 Å². The van der Waals surface area contributed by atoms with Gasteiger partial charge in [-0.25, -0.2) is 4.90 Å². The number of benzene rings is 3. The van der Waals surface area contributed by atoms with E-state index in [9.17, 15) is 9.59 Å². The number of amides is 2. The van der Waals surface area contributed by atoms with Crippen LogP contribution in [-0.4, -0.2) is 30.4 Å². The second-order valence-electron chi connectivity index (χ2n) is 8.22. The first-order chi connectivity index (χ1) is 16.0. The average Bonchev–Trinajstić information content (AvgIpc) is 3.10. The largest absolute Gasteiger partial charge is 0.497 e. The molecule has 6 heteroatoms. The zero-order valence-electron chi connectivity index (χ0n) is 18.5. The van der Waals surface area contributed by atoms with E-state index in [4.69, 9.17) is 16.3 Å². The summed E-state index contributed by atoms with van der Waals surface area (Å²) in [7, 11) is 1.60. The van der Waals surface area contributed by atoms with Crippen molar-refractivity contribution < 1.29 is 14.3 Å². The number of halogens is 1. The molecule has 0 saturated heterocycles. The van der Waals surface area contributed by atoms with Crippen molar-refractivity contribution in [2.75, 3.05) is 18.6 Å². The molecular weight excluding hydrogens is 436 g/mol. The SMILES string of the molecule is COc1ccc(C2=C(N3CCc4ccccc4C3)C(=O)N(c3cccc(Cl)c3C)C2=O)cc1. The molecule has 0 fully saturated rings. The van der Waals surface area contributed by atoms with E-state index in [0.29, 0.717) is 51.9 Å². The molecule has 3 aromatic carbocycles. The Labute approximate surface area is 197 Å². The second-order valence-corrected chi connectivity index (χ2v) is 8.63. The van der Waals surface area contributed by atoms with Gasteiger partial charge in [0.2, 0.25) is 0 Å². The van der Waals surface area contributed by atoms with Gasteiger partial charge in [0.1, 0.15) is 11.4 Å². The van der Waals surface area contributed by atoms with Gasteiger partial charge in [-0.2, -0.15) is 0 Å². The molecule has 2 aliphatic heterocycles. The highest BCUT2D eigenvalue weighted by Crippen LogP contribution is 2.39. The fraction of sp³-hybridized carbons (Fsp3) is 0.185. The molecule has 33 heavy (non-hydrogen) atoms. The molecule has 0 N–H and O–H groups in total. The minimum absolute atomic E-state index is 0.324. The summed E-state index contributed by atoms with van der Waals surface area (Å²) in [6, 6.07) is 20.8. The lowest BCUT2D eigenvalue weighted by atomic mass is 9.98. The number of imide groups is 1. The van der Waals surface area contributed by atoms with Crippen molar-refractivity contribution in [1.82, 2.24) is 4.90 Å². The highest BCUT2D eigenvalue weighted by Gasteiger charge is 2.43. The van der Waals surface area contributed by atoms with Crippen LogP contribution in [0.2, 0.25) is 5.02 Å². The van der Waals surface area contributed by atoms with Crippen LogP contribution in [0.3, 0.4) is 0 Å². The molecule has 0 atom stereocenters. The Hall–Kier alpha value is -3.57. The van der Waals surface area contributed by atoms with Gasteiger partial charge in [0.15, 0.2) is 0 Å². The first-order valence-electron chi connectivity index (χ1n) is 10.8. The summed E-state index contributed by atoms with van der Waals surface area (Å²) in [5.41, 5.74) is 5.17. The van der Waals surface area contributed by atoms with Crippen LogP contribution >= 0.6 is 11.6 Å². The van der Waals surface area contributed by atoms with Crippen molar-refractivity contribution >= 4 is 34.7 Å². The van der Waals surface area contributed by atoms with Crippen LogP contribution in [0.1, 0.15) is 22.3 Å². The van der Waals surface area contributed by atoms with Gasteiger partial charge in [0.25, 0.3) is 11.8 Å². The summed E-state index contributed by atoms with van der Waals surface area (Å²) < 4.78 is 5.28. The molecule has 0 spiro atoms. The number of carbonyl (C=O) groups is 2. The molecule has 0 unspecified atom stereocenters. The maximum atomic E-state index is 13.8. The van der Waals surface area contributed by atoms with Gasteiger partial charge < -0.3 is 9.64 Å². The van der Waals surface area contributed by atoms with Crippen molar-refractivity contribution in [2.24, 2.45) is 0 Å². The van der Waals surface area contributed by atoms with E-state index in [0.717, 1.165) is 6.42 Å². The second kappa shape index (κ2) is 8.41. The van der Waals surface area contributed by atoms with Crippen molar-refractivity contribution in [1.29, 1.82) is 0 Å². The van der Waals surface area contributed by atoms with Gasteiger partial charge in [0, 0.05) is 18.1 Å². The fourth-order valence-electron chi connectivity index (χ4n) is 4.57. The van der Waals surface area contributed by atoms with E-state index in [-0.39, 0.29) is 11.8 Å². The molecule has 2 amide bonds. The maximum absolute atomic E-state index is 13.8. The van der Waals surface area contributed by atoms with Crippen molar-refractivity contribution in [3.8, 4) is 5.75 Å². The number of ether oxygens (including phenoxy) is 1. The van der Waals surface area contributed by atoms with E-state index in [1.807, 2.05) is 36.1 Å². The Morgan fingerprint density at radius 3 is 2.33 bits per heavy atom. The third-order valence-corrected chi connectivity index (χ3v) is 6.77. The van der Waals surface area contributed by atoms with E-state index in [1.165, 1.54) is 16.0 Å². The Balaban J connectivity index is 1.64. The molecule has 5 nitrogen and oxygen atoms in total. The minimum atomic E-state index is -0.343. The summed E-state index contributed by atoms with van der Waals surface area (Å²) >= 11 is 6.33. The highest BCUT2D eigenvalue weighted by atomic mass is 35.5. The number of rotatable bonds is 4. The predicted molar refractivity (Wildman–Crippen MR) is 129 cm³/mol. The molecule has 0 aromatic heterocycles. The third-order valence-electron chi connectivity index (χ3n) is 6.37. The van der Waals surface area contributed by atoms with E-state index < -0.39 is 0 Å². The molecule has 0 saturated carbocycles. The lowest BCUT2D eigenvalue weighted by Gasteiger charge is -2.31. The zero-order chi connectivity index (χ0) is 23.1. The lowest BCUT2D eigenvalue weighted by Crippen LogP contribution is -2.37. The number of carbonyl (C=O) groups excluding carboxylic acids is 2.